The predicted molar refractivity (Wildman–Crippen MR) is 105 cm³/mol. The summed E-state index contributed by atoms with van der Waals surface area (Å²) in [5, 5.41) is 34.7. The van der Waals surface area contributed by atoms with Crippen molar-refractivity contribution in [2.24, 2.45) is 0 Å². The van der Waals surface area contributed by atoms with Crippen molar-refractivity contribution in [3.05, 3.63) is 69.7 Å². The maximum Gasteiger partial charge on any atom is 0.335 e. The summed E-state index contributed by atoms with van der Waals surface area (Å²) in [7, 11) is 0. The van der Waals surface area contributed by atoms with Crippen LogP contribution in [-0.4, -0.2) is 45.1 Å². The first-order valence-electron chi connectivity index (χ1n) is 7.97. The van der Waals surface area contributed by atoms with Crippen molar-refractivity contribution in [2.45, 2.75) is 25.9 Å². The monoisotopic (exact) mass is 416 g/mol. The molecule has 0 saturated carbocycles. The molecule has 0 aliphatic carbocycles. The summed E-state index contributed by atoms with van der Waals surface area (Å²) >= 11 is 11.1. The van der Waals surface area contributed by atoms with Crippen molar-refractivity contribution in [3.63, 3.8) is 0 Å². The Morgan fingerprint density at radius 1 is 0.926 bits per heavy atom. The average molecular weight is 417 g/mol. The van der Waals surface area contributed by atoms with Crippen LogP contribution in [0.5, 0.6) is 0 Å². The fourth-order valence-corrected chi connectivity index (χ4v) is 1.98. The summed E-state index contributed by atoms with van der Waals surface area (Å²) in [5.41, 5.74) is 0.431. The van der Waals surface area contributed by atoms with Crippen molar-refractivity contribution in [1.82, 2.24) is 0 Å². The first-order valence-corrected chi connectivity index (χ1v) is 8.73. The molecule has 0 bridgehead atoms. The zero-order valence-corrected chi connectivity index (χ0v) is 16.2. The number of aliphatic hydroxyl groups excluding tert-OH is 2. The number of carboxylic acid groups (broad SMARTS) is 2. The highest BCUT2D eigenvalue weighted by Crippen LogP contribution is 2.10. The molecule has 27 heavy (non-hydrogen) atoms. The van der Waals surface area contributed by atoms with Crippen LogP contribution in [0.25, 0.3) is 0 Å². The molecule has 0 spiro atoms. The SMILES string of the molecule is CCC(O)CCO.O=C(O)c1cccc(Cl)c1.O=C(O)c1cccc(Cl)c1. The highest BCUT2D eigenvalue weighted by atomic mass is 35.5. The van der Waals surface area contributed by atoms with Crippen LogP contribution in [0.1, 0.15) is 40.5 Å². The van der Waals surface area contributed by atoms with Gasteiger partial charge in [0, 0.05) is 16.7 Å². The Balaban J connectivity index is 0.000000384. The van der Waals surface area contributed by atoms with Crippen LogP contribution in [0, 0.1) is 0 Å². The molecule has 0 heterocycles. The lowest BCUT2D eigenvalue weighted by Crippen LogP contribution is -2.05. The fourth-order valence-electron chi connectivity index (χ4n) is 1.60. The third-order valence-corrected chi connectivity index (χ3v) is 3.55. The van der Waals surface area contributed by atoms with Crippen LogP contribution < -0.4 is 0 Å². The molecule has 0 fully saturated rings. The lowest BCUT2D eigenvalue weighted by atomic mass is 10.2. The molecule has 0 aliphatic heterocycles. The Labute approximate surface area is 167 Å². The Morgan fingerprint density at radius 2 is 1.33 bits per heavy atom. The molecule has 2 rings (SSSR count). The molecule has 0 aliphatic rings. The van der Waals surface area contributed by atoms with Crippen molar-refractivity contribution < 1.29 is 30.0 Å². The number of hydrogen-bond donors (Lipinski definition) is 4. The molecule has 0 amide bonds. The van der Waals surface area contributed by atoms with E-state index >= 15 is 0 Å². The van der Waals surface area contributed by atoms with Crippen LogP contribution in [0.4, 0.5) is 0 Å². The largest absolute Gasteiger partial charge is 0.478 e. The van der Waals surface area contributed by atoms with Gasteiger partial charge in [-0.2, -0.15) is 0 Å². The van der Waals surface area contributed by atoms with Gasteiger partial charge in [-0.25, -0.2) is 9.59 Å². The van der Waals surface area contributed by atoms with Crippen LogP contribution in [0.2, 0.25) is 10.0 Å². The fraction of sp³-hybridized carbons (Fsp3) is 0.263. The molecule has 148 valence electrons. The average Bonchev–Trinajstić information content (AvgIpc) is 2.63. The molecular weight excluding hydrogens is 395 g/mol. The van der Waals surface area contributed by atoms with E-state index < -0.39 is 11.9 Å². The van der Waals surface area contributed by atoms with Gasteiger partial charge in [0.2, 0.25) is 0 Å². The van der Waals surface area contributed by atoms with E-state index in [1.165, 1.54) is 24.3 Å². The Hall–Kier alpha value is -2.12. The number of aromatic carboxylic acids is 2. The van der Waals surface area contributed by atoms with E-state index in [0.29, 0.717) is 16.5 Å². The van der Waals surface area contributed by atoms with E-state index in [4.69, 9.17) is 43.6 Å². The summed E-state index contributed by atoms with van der Waals surface area (Å²) in [4.78, 5) is 20.6. The Kier molecular flexibility index (Phi) is 12.9. The zero-order valence-electron chi connectivity index (χ0n) is 14.7. The highest BCUT2D eigenvalue weighted by Gasteiger charge is 2.01. The van der Waals surface area contributed by atoms with Crippen molar-refractivity contribution >= 4 is 35.1 Å². The summed E-state index contributed by atoms with van der Waals surface area (Å²) in [6, 6.07) is 12.3. The number of hydrogen-bond acceptors (Lipinski definition) is 4. The normalized spacial score (nSPS) is 10.6. The van der Waals surface area contributed by atoms with Gasteiger partial charge in [0.05, 0.1) is 17.2 Å². The minimum absolute atomic E-state index is 0.0923. The van der Waals surface area contributed by atoms with Crippen molar-refractivity contribution in [3.8, 4) is 0 Å². The van der Waals surface area contributed by atoms with E-state index in [2.05, 4.69) is 0 Å². The maximum absolute atomic E-state index is 10.3. The van der Waals surface area contributed by atoms with Gasteiger partial charge >= 0.3 is 11.9 Å². The highest BCUT2D eigenvalue weighted by molar-refractivity contribution is 6.31. The van der Waals surface area contributed by atoms with Crippen molar-refractivity contribution in [2.75, 3.05) is 6.61 Å². The van der Waals surface area contributed by atoms with E-state index in [-0.39, 0.29) is 23.8 Å². The Morgan fingerprint density at radius 3 is 1.52 bits per heavy atom. The van der Waals surface area contributed by atoms with Crippen molar-refractivity contribution in [1.29, 1.82) is 0 Å². The second-order valence-corrected chi connectivity index (χ2v) is 6.08. The van der Waals surface area contributed by atoms with Gasteiger partial charge in [-0.15, -0.1) is 0 Å². The molecule has 0 aromatic heterocycles. The third-order valence-electron chi connectivity index (χ3n) is 3.08. The van der Waals surface area contributed by atoms with E-state index in [1.54, 1.807) is 24.3 Å². The van der Waals surface area contributed by atoms with Gasteiger partial charge in [-0.3, -0.25) is 0 Å². The Bertz CT molecular complexity index is 665. The summed E-state index contributed by atoms with van der Waals surface area (Å²) < 4.78 is 0. The molecule has 1 atom stereocenters. The third kappa shape index (κ3) is 12.0. The smallest absolute Gasteiger partial charge is 0.335 e. The zero-order chi connectivity index (χ0) is 20.8. The topological polar surface area (TPSA) is 115 Å². The molecule has 1 unspecified atom stereocenters. The summed E-state index contributed by atoms with van der Waals surface area (Å²) in [6.07, 6.45) is 0.946. The number of aliphatic hydroxyl groups is 2. The minimum atomic E-state index is -0.956. The van der Waals surface area contributed by atoms with E-state index in [1.807, 2.05) is 6.92 Å². The van der Waals surface area contributed by atoms with Gasteiger partial charge in [0.1, 0.15) is 0 Å². The molecule has 0 radical (unpaired) electrons. The number of benzene rings is 2. The number of carboxylic acids is 2. The molecular formula is C19H22Cl2O6. The first kappa shape index (κ1) is 24.9. The van der Waals surface area contributed by atoms with Gasteiger partial charge in [-0.1, -0.05) is 42.3 Å². The summed E-state index contributed by atoms with van der Waals surface area (Å²) in [6.45, 7) is 1.98. The maximum atomic E-state index is 10.3. The summed E-state index contributed by atoms with van der Waals surface area (Å²) in [5.74, 6) is -1.91. The molecule has 4 N–H and O–H groups in total. The van der Waals surface area contributed by atoms with Crippen LogP contribution in [-0.2, 0) is 0 Å². The second kappa shape index (κ2) is 14.0. The number of rotatable bonds is 5. The van der Waals surface area contributed by atoms with Crippen LogP contribution in [0.3, 0.4) is 0 Å². The molecule has 2 aromatic carbocycles. The van der Waals surface area contributed by atoms with Crippen LogP contribution in [0.15, 0.2) is 48.5 Å². The van der Waals surface area contributed by atoms with Gasteiger partial charge < -0.3 is 20.4 Å². The van der Waals surface area contributed by atoms with Gasteiger partial charge in [0.15, 0.2) is 0 Å². The predicted octanol–water partition coefficient (Wildman–Crippen LogP) is 4.22. The lowest BCUT2D eigenvalue weighted by Gasteiger charge is -2.01. The number of halogens is 2. The van der Waals surface area contributed by atoms with E-state index in [9.17, 15) is 9.59 Å². The molecule has 6 nitrogen and oxygen atoms in total. The quantitative estimate of drug-likeness (QED) is 0.579. The molecule has 2 aromatic rings. The standard InChI is InChI=1S/2C7H5ClO2.C5H12O2/c2*8-6-3-1-2-5(4-6)7(9)10;1-2-5(7)3-4-6/h2*1-4H,(H,9,10);5-7H,2-4H2,1H3. The lowest BCUT2D eigenvalue weighted by molar-refractivity contribution is 0.0686. The van der Waals surface area contributed by atoms with E-state index in [0.717, 1.165) is 6.42 Å². The van der Waals surface area contributed by atoms with Gasteiger partial charge in [0.25, 0.3) is 0 Å². The second-order valence-electron chi connectivity index (χ2n) is 5.21. The number of carbonyl (C=O) groups is 2. The minimum Gasteiger partial charge on any atom is -0.478 e. The molecule has 0 saturated heterocycles. The van der Waals surface area contributed by atoms with Gasteiger partial charge in [-0.05, 0) is 49.2 Å². The van der Waals surface area contributed by atoms with Crippen LogP contribution >= 0.6 is 23.2 Å². The first-order chi connectivity index (χ1) is 12.7. The molecule has 8 heteroatoms.